The van der Waals surface area contributed by atoms with Crippen LogP contribution in [0.2, 0.25) is 0 Å². The standard InChI is InChI=1S/C18H20N4OS/c1-22-12-13(16-7-4-9-19-17(16)22)8-10-20-18(23)21-14-5-3-6-15(11-14)24-2/h3-7,9,11-12H,8,10H2,1-2H3,(H2,20,21,23). The van der Waals surface area contributed by atoms with E-state index in [1.807, 2.05) is 48.2 Å². The largest absolute Gasteiger partial charge is 0.338 e. The number of nitrogens with zero attached hydrogens (tertiary/aromatic N) is 2. The number of aryl methyl sites for hydroxylation is 1. The minimum Gasteiger partial charge on any atom is -0.338 e. The molecule has 124 valence electrons. The van der Waals surface area contributed by atoms with Gasteiger partial charge in [-0.15, -0.1) is 11.8 Å². The van der Waals surface area contributed by atoms with Crippen molar-refractivity contribution in [1.29, 1.82) is 0 Å². The number of thioether (sulfide) groups is 1. The number of hydrogen-bond acceptors (Lipinski definition) is 3. The molecule has 2 heterocycles. The fourth-order valence-electron chi connectivity index (χ4n) is 2.68. The summed E-state index contributed by atoms with van der Waals surface area (Å²) in [5.41, 5.74) is 2.95. The van der Waals surface area contributed by atoms with E-state index in [1.54, 1.807) is 18.0 Å². The Kier molecular flexibility index (Phi) is 5.05. The Labute approximate surface area is 145 Å². The van der Waals surface area contributed by atoms with Gasteiger partial charge in [-0.3, -0.25) is 0 Å². The molecule has 0 bridgehead atoms. The molecule has 0 unspecified atom stereocenters. The number of anilines is 1. The van der Waals surface area contributed by atoms with Crippen molar-refractivity contribution in [3.05, 3.63) is 54.4 Å². The third kappa shape index (κ3) is 3.71. The summed E-state index contributed by atoms with van der Waals surface area (Å²) < 4.78 is 2.01. The van der Waals surface area contributed by atoms with Gasteiger partial charge in [0.05, 0.1) is 0 Å². The Balaban J connectivity index is 1.56. The van der Waals surface area contributed by atoms with Gasteiger partial charge in [-0.05, 0) is 48.6 Å². The zero-order valence-electron chi connectivity index (χ0n) is 13.7. The van der Waals surface area contributed by atoms with Gasteiger partial charge < -0.3 is 15.2 Å². The molecule has 5 nitrogen and oxygen atoms in total. The lowest BCUT2D eigenvalue weighted by atomic mass is 10.1. The van der Waals surface area contributed by atoms with Crippen LogP contribution in [0.1, 0.15) is 5.56 Å². The number of aromatic nitrogens is 2. The first-order valence-electron chi connectivity index (χ1n) is 7.75. The van der Waals surface area contributed by atoms with E-state index in [-0.39, 0.29) is 6.03 Å². The summed E-state index contributed by atoms with van der Waals surface area (Å²) in [7, 11) is 1.98. The molecule has 3 aromatic rings. The predicted molar refractivity (Wildman–Crippen MR) is 99.7 cm³/mol. The molecule has 0 saturated heterocycles. The highest BCUT2D eigenvalue weighted by atomic mass is 32.2. The van der Waals surface area contributed by atoms with Crippen molar-refractivity contribution < 1.29 is 4.79 Å². The number of amides is 2. The zero-order chi connectivity index (χ0) is 16.9. The van der Waals surface area contributed by atoms with Crippen molar-refractivity contribution in [1.82, 2.24) is 14.9 Å². The molecule has 1 aromatic carbocycles. The summed E-state index contributed by atoms with van der Waals surface area (Å²) in [6, 6.07) is 11.6. The maximum absolute atomic E-state index is 12.0. The van der Waals surface area contributed by atoms with Gasteiger partial charge in [0.15, 0.2) is 0 Å². The summed E-state index contributed by atoms with van der Waals surface area (Å²) >= 11 is 1.65. The lowest BCUT2D eigenvalue weighted by Gasteiger charge is -2.08. The van der Waals surface area contributed by atoms with Gasteiger partial charge in [-0.1, -0.05) is 6.07 Å². The lowest BCUT2D eigenvalue weighted by Crippen LogP contribution is -2.30. The van der Waals surface area contributed by atoms with Crippen LogP contribution in [-0.2, 0) is 13.5 Å². The summed E-state index contributed by atoms with van der Waals surface area (Å²) in [6.07, 6.45) is 6.64. The first kappa shape index (κ1) is 16.4. The van der Waals surface area contributed by atoms with Gasteiger partial charge in [0.2, 0.25) is 0 Å². The van der Waals surface area contributed by atoms with Crippen LogP contribution in [0.3, 0.4) is 0 Å². The number of urea groups is 1. The van der Waals surface area contributed by atoms with Crippen molar-refractivity contribution in [2.24, 2.45) is 7.05 Å². The maximum atomic E-state index is 12.0. The number of pyridine rings is 1. The highest BCUT2D eigenvalue weighted by molar-refractivity contribution is 7.98. The molecule has 0 aliphatic heterocycles. The molecule has 2 N–H and O–H groups in total. The van der Waals surface area contributed by atoms with Gasteiger partial charge >= 0.3 is 6.03 Å². The Morgan fingerprint density at radius 2 is 2.17 bits per heavy atom. The molecule has 0 fully saturated rings. The van der Waals surface area contributed by atoms with Crippen molar-refractivity contribution in [3.8, 4) is 0 Å². The third-order valence-electron chi connectivity index (χ3n) is 3.82. The average molecular weight is 340 g/mol. The van der Waals surface area contributed by atoms with E-state index < -0.39 is 0 Å². The molecule has 0 aliphatic rings. The number of fused-ring (bicyclic) bond motifs is 1. The van der Waals surface area contributed by atoms with Crippen molar-refractivity contribution in [2.45, 2.75) is 11.3 Å². The fraction of sp³-hybridized carbons (Fsp3) is 0.222. The van der Waals surface area contributed by atoms with Gasteiger partial charge in [-0.2, -0.15) is 0 Å². The molecule has 0 saturated carbocycles. The van der Waals surface area contributed by atoms with Crippen LogP contribution in [0.5, 0.6) is 0 Å². The Hall–Kier alpha value is -2.47. The monoisotopic (exact) mass is 340 g/mol. The van der Waals surface area contributed by atoms with E-state index in [1.165, 1.54) is 5.56 Å². The van der Waals surface area contributed by atoms with Gasteiger partial charge in [0.25, 0.3) is 0 Å². The second-order valence-electron chi connectivity index (χ2n) is 5.50. The van der Waals surface area contributed by atoms with Gasteiger partial charge in [-0.25, -0.2) is 9.78 Å². The molecule has 2 amide bonds. The third-order valence-corrected chi connectivity index (χ3v) is 4.55. The van der Waals surface area contributed by atoms with Gasteiger partial charge in [0, 0.05) is 42.0 Å². The number of benzene rings is 1. The van der Waals surface area contributed by atoms with Crippen LogP contribution in [-0.4, -0.2) is 28.4 Å². The van der Waals surface area contributed by atoms with Crippen LogP contribution in [0.4, 0.5) is 10.5 Å². The molecular formula is C18H20N4OS. The summed E-state index contributed by atoms with van der Waals surface area (Å²) in [6.45, 7) is 0.571. The van der Waals surface area contributed by atoms with Crippen LogP contribution >= 0.6 is 11.8 Å². The molecule has 0 radical (unpaired) electrons. The number of hydrogen-bond donors (Lipinski definition) is 2. The second kappa shape index (κ2) is 7.40. The van der Waals surface area contributed by atoms with Gasteiger partial charge in [0.1, 0.15) is 5.65 Å². The molecular weight excluding hydrogens is 320 g/mol. The minimum atomic E-state index is -0.188. The van der Waals surface area contributed by atoms with E-state index in [9.17, 15) is 4.79 Å². The molecule has 24 heavy (non-hydrogen) atoms. The minimum absolute atomic E-state index is 0.188. The van der Waals surface area contributed by atoms with Crippen LogP contribution in [0, 0.1) is 0 Å². The summed E-state index contributed by atoms with van der Waals surface area (Å²) in [4.78, 5) is 17.5. The fourth-order valence-corrected chi connectivity index (χ4v) is 3.14. The van der Waals surface area contributed by atoms with Crippen LogP contribution in [0.25, 0.3) is 11.0 Å². The summed E-state index contributed by atoms with van der Waals surface area (Å²) in [5.74, 6) is 0. The Morgan fingerprint density at radius 3 is 3.00 bits per heavy atom. The molecule has 0 aliphatic carbocycles. The first-order valence-corrected chi connectivity index (χ1v) is 8.97. The smallest absolute Gasteiger partial charge is 0.319 e. The molecule has 6 heteroatoms. The van der Waals surface area contributed by atoms with Crippen molar-refractivity contribution >= 4 is 34.5 Å². The highest BCUT2D eigenvalue weighted by Crippen LogP contribution is 2.19. The average Bonchev–Trinajstić information content (AvgIpc) is 2.92. The van der Waals surface area contributed by atoms with E-state index in [4.69, 9.17) is 0 Å². The Bertz CT molecular complexity index is 859. The number of rotatable bonds is 5. The topological polar surface area (TPSA) is 59.0 Å². The quantitative estimate of drug-likeness (QED) is 0.697. The van der Waals surface area contributed by atoms with E-state index >= 15 is 0 Å². The zero-order valence-corrected chi connectivity index (χ0v) is 14.6. The second-order valence-corrected chi connectivity index (χ2v) is 6.38. The molecule has 2 aromatic heterocycles. The number of carbonyl (C=O) groups is 1. The van der Waals surface area contributed by atoms with E-state index in [2.05, 4.69) is 27.9 Å². The Morgan fingerprint density at radius 1 is 1.29 bits per heavy atom. The normalized spacial score (nSPS) is 10.8. The SMILES string of the molecule is CSc1cccc(NC(=O)NCCc2cn(C)c3ncccc23)c1. The highest BCUT2D eigenvalue weighted by Gasteiger charge is 2.08. The molecule has 3 rings (SSSR count). The summed E-state index contributed by atoms with van der Waals surface area (Å²) in [5, 5.41) is 6.90. The first-order chi connectivity index (χ1) is 11.7. The lowest BCUT2D eigenvalue weighted by molar-refractivity contribution is 0.252. The van der Waals surface area contributed by atoms with Crippen molar-refractivity contribution in [2.75, 3.05) is 18.1 Å². The van der Waals surface area contributed by atoms with Crippen molar-refractivity contribution in [3.63, 3.8) is 0 Å². The maximum Gasteiger partial charge on any atom is 0.319 e. The number of carbonyl (C=O) groups excluding carboxylic acids is 1. The molecule has 0 atom stereocenters. The van der Waals surface area contributed by atoms with E-state index in [0.29, 0.717) is 6.54 Å². The molecule has 0 spiro atoms. The number of nitrogens with one attached hydrogen (secondary N) is 2. The van der Waals surface area contributed by atoms with E-state index in [0.717, 1.165) is 28.0 Å². The van der Waals surface area contributed by atoms with Crippen LogP contribution in [0.15, 0.2) is 53.7 Å². The predicted octanol–water partition coefficient (Wildman–Crippen LogP) is 3.66. The van der Waals surface area contributed by atoms with Crippen LogP contribution < -0.4 is 10.6 Å².